The molecule has 0 radical (unpaired) electrons. The molecule has 162 valence electrons. The van der Waals surface area contributed by atoms with Crippen molar-refractivity contribution in [3.8, 4) is 11.5 Å². The maximum absolute atomic E-state index is 13.4. The first-order valence-corrected chi connectivity index (χ1v) is 10.6. The molecule has 3 aromatic rings. The Hall–Kier alpha value is -3.87. The first-order valence-electron chi connectivity index (χ1n) is 10.6. The molecule has 0 amide bonds. The number of ketones is 1. The minimum atomic E-state index is -0.296. The molecule has 1 N–H and O–H groups in total. The fourth-order valence-electron chi connectivity index (χ4n) is 4.51. The van der Waals surface area contributed by atoms with Crippen LogP contribution in [0.2, 0.25) is 0 Å². The summed E-state index contributed by atoms with van der Waals surface area (Å²) in [6, 6.07) is 15.5. The van der Waals surface area contributed by atoms with E-state index in [0.717, 1.165) is 33.9 Å². The van der Waals surface area contributed by atoms with E-state index in [9.17, 15) is 4.79 Å². The van der Waals surface area contributed by atoms with Gasteiger partial charge in [-0.1, -0.05) is 48.6 Å². The van der Waals surface area contributed by atoms with Gasteiger partial charge in [-0.2, -0.15) is 10.1 Å². The lowest BCUT2D eigenvalue weighted by Crippen LogP contribution is -2.32. The van der Waals surface area contributed by atoms with Gasteiger partial charge in [0.2, 0.25) is 5.95 Å². The number of hydrogen-bond donors (Lipinski definition) is 1. The first-order chi connectivity index (χ1) is 15.7. The Labute approximate surface area is 186 Å². The van der Waals surface area contributed by atoms with E-state index in [-0.39, 0.29) is 17.7 Å². The predicted octanol–water partition coefficient (Wildman–Crippen LogP) is 4.38. The van der Waals surface area contributed by atoms with Crippen LogP contribution in [0.3, 0.4) is 0 Å². The lowest BCUT2D eigenvalue weighted by atomic mass is 9.78. The topological polar surface area (TPSA) is 78.3 Å². The maximum atomic E-state index is 13.4. The molecule has 0 fully saturated rings. The number of nitrogens with zero attached hydrogens (tertiary/aromatic N) is 3. The Morgan fingerprint density at radius 1 is 1.09 bits per heavy atom. The lowest BCUT2D eigenvalue weighted by Gasteiger charge is -2.34. The van der Waals surface area contributed by atoms with Crippen LogP contribution in [0.4, 0.5) is 5.95 Å². The molecule has 2 aliphatic rings. The van der Waals surface area contributed by atoms with E-state index in [0.29, 0.717) is 18.8 Å². The molecule has 7 nitrogen and oxygen atoms in total. The highest BCUT2D eigenvalue weighted by Gasteiger charge is 2.38. The molecule has 7 heteroatoms. The van der Waals surface area contributed by atoms with Gasteiger partial charge in [-0.15, -0.1) is 0 Å². The second-order valence-corrected chi connectivity index (χ2v) is 7.90. The number of benzene rings is 2. The number of carbonyl (C=O) groups excluding carboxylic acids is 1. The van der Waals surface area contributed by atoms with Crippen molar-refractivity contribution in [1.29, 1.82) is 0 Å². The second-order valence-electron chi connectivity index (χ2n) is 7.90. The van der Waals surface area contributed by atoms with Crippen LogP contribution in [0.1, 0.15) is 35.9 Å². The Morgan fingerprint density at radius 2 is 1.94 bits per heavy atom. The summed E-state index contributed by atoms with van der Waals surface area (Å²) in [6.07, 6.45) is 6.65. The van der Waals surface area contributed by atoms with Gasteiger partial charge in [-0.05, 0) is 23.6 Å². The van der Waals surface area contributed by atoms with E-state index in [1.807, 2.05) is 60.7 Å². The normalized spacial score (nSPS) is 20.0. The Balaban J connectivity index is 1.51. The van der Waals surface area contributed by atoms with E-state index in [4.69, 9.17) is 9.47 Å². The number of carbonyl (C=O) groups is 1. The van der Waals surface area contributed by atoms with Gasteiger partial charge in [0.1, 0.15) is 23.9 Å². The summed E-state index contributed by atoms with van der Waals surface area (Å²) < 4.78 is 12.7. The van der Waals surface area contributed by atoms with Crippen LogP contribution in [0.5, 0.6) is 11.5 Å². The highest BCUT2D eigenvalue weighted by atomic mass is 16.5. The Kier molecular flexibility index (Phi) is 5.23. The number of fused-ring (bicyclic) bond motifs is 1. The highest BCUT2D eigenvalue weighted by molar-refractivity contribution is 6.00. The van der Waals surface area contributed by atoms with Crippen molar-refractivity contribution in [1.82, 2.24) is 14.8 Å². The number of anilines is 1. The zero-order valence-corrected chi connectivity index (χ0v) is 18.0. The van der Waals surface area contributed by atoms with Gasteiger partial charge in [-0.25, -0.2) is 4.68 Å². The van der Waals surface area contributed by atoms with Crippen LogP contribution >= 0.6 is 0 Å². The van der Waals surface area contributed by atoms with Gasteiger partial charge in [0.25, 0.3) is 0 Å². The summed E-state index contributed by atoms with van der Waals surface area (Å²) in [5.74, 6) is 2.20. The number of Topliss-reactive ketones (excluding diaryl/α,β-unsaturated/α-hetero) is 1. The fourth-order valence-corrected chi connectivity index (χ4v) is 4.51. The molecule has 0 saturated carbocycles. The highest BCUT2D eigenvalue weighted by Crippen LogP contribution is 2.44. The Bertz CT molecular complexity index is 1210. The SMILES string of the molecule is COc1ccc(C2CC(=O)C3=C(C2)Nc2ncnn2C3C=Cc2ccccc2)c(OC)c1. The molecule has 32 heavy (non-hydrogen) atoms. The standard InChI is InChI=1S/C25H24N4O3/c1-31-18-9-10-19(23(14-18)32-2)17-12-20-24(22(30)13-17)21(29-25(28-20)26-15-27-29)11-8-16-6-4-3-5-7-16/h3-11,14-15,17,21H,12-13H2,1-2H3,(H,26,27,28). The van der Waals surface area contributed by atoms with Crippen molar-refractivity contribution in [2.24, 2.45) is 0 Å². The summed E-state index contributed by atoms with van der Waals surface area (Å²) in [6.45, 7) is 0. The number of methoxy groups -OCH3 is 2. The molecule has 0 saturated heterocycles. The number of allylic oxidation sites excluding steroid dienone is 3. The summed E-state index contributed by atoms with van der Waals surface area (Å²) in [5, 5.41) is 7.72. The summed E-state index contributed by atoms with van der Waals surface area (Å²) in [7, 11) is 3.26. The zero-order valence-electron chi connectivity index (χ0n) is 18.0. The van der Waals surface area contributed by atoms with Gasteiger partial charge in [-0.3, -0.25) is 4.79 Å². The van der Waals surface area contributed by atoms with Crippen molar-refractivity contribution < 1.29 is 14.3 Å². The number of nitrogens with one attached hydrogen (secondary N) is 1. The van der Waals surface area contributed by atoms with Crippen molar-refractivity contribution in [2.75, 3.05) is 19.5 Å². The van der Waals surface area contributed by atoms with E-state index in [1.165, 1.54) is 6.33 Å². The third kappa shape index (κ3) is 3.56. The molecule has 2 unspecified atom stereocenters. The minimum absolute atomic E-state index is 0.00262. The average Bonchev–Trinajstić information content (AvgIpc) is 3.30. The monoisotopic (exact) mass is 428 g/mol. The molecular weight excluding hydrogens is 404 g/mol. The van der Waals surface area contributed by atoms with Crippen LogP contribution in [-0.2, 0) is 4.79 Å². The average molecular weight is 428 g/mol. The fraction of sp³-hybridized carbons (Fsp3) is 0.240. The molecule has 2 atom stereocenters. The van der Waals surface area contributed by atoms with Crippen LogP contribution in [0.15, 0.2) is 72.2 Å². The first kappa shape index (κ1) is 20.1. The number of hydrogen-bond acceptors (Lipinski definition) is 6. The van der Waals surface area contributed by atoms with E-state index in [2.05, 4.69) is 15.4 Å². The summed E-state index contributed by atoms with van der Waals surface area (Å²) >= 11 is 0. The van der Waals surface area contributed by atoms with Crippen molar-refractivity contribution in [3.05, 3.63) is 83.3 Å². The van der Waals surface area contributed by atoms with E-state index >= 15 is 0 Å². The van der Waals surface area contributed by atoms with Gasteiger partial charge >= 0.3 is 0 Å². The Morgan fingerprint density at radius 3 is 2.72 bits per heavy atom. The molecule has 1 aromatic heterocycles. The molecule has 0 bridgehead atoms. The third-order valence-corrected chi connectivity index (χ3v) is 6.05. The van der Waals surface area contributed by atoms with Crippen molar-refractivity contribution in [2.45, 2.75) is 24.8 Å². The van der Waals surface area contributed by atoms with E-state index < -0.39 is 0 Å². The smallest absolute Gasteiger partial charge is 0.226 e. The second kappa shape index (κ2) is 8.34. The third-order valence-electron chi connectivity index (χ3n) is 6.05. The molecular formula is C25H24N4O3. The molecule has 2 aromatic carbocycles. The van der Waals surface area contributed by atoms with Crippen LogP contribution in [0, 0.1) is 0 Å². The molecule has 5 rings (SSSR count). The molecule has 1 aliphatic heterocycles. The summed E-state index contributed by atoms with van der Waals surface area (Å²) in [5.41, 5.74) is 3.71. The van der Waals surface area contributed by atoms with Crippen molar-refractivity contribution in [3.63, 3.8) is 0 Å². The van der Waals surface area contributed by atoms with Crippen molar-refractivity contribution >= 4 is 17.8 Å². The van der Waals surface area contributed by atoms with Crippen LogP contribution < -0.4 is 14.8 Å². The van der Waals surface area contributed by atoms with Crippen LogP contribution in [0.25, 0.3) is 6.08 Å². The van der Waals surface area contributed by atoms with Gasteiger partial charge in [0, 0.05) is 29.7 Å². The molecule has 0 spiro atoms. The van der Waals surface area contributed by atoms with Crippen LogP contribution in [-0.4, -0.2) is 34.8 Å². The van der Waals surface area contributed by atoms with Gasteiger partial charge < -0.3 is 14.8 Å². The molecule has 1 aliphatic carbocycles. The lowest BCUT2D eigenvalue weighted by molar-refractivity contribution is -0.116. The quantitative estimate of drug-likeness (QED) is 0.650. The van der Waals surface area contributed by atoms with Gasteiger partial charge in [0.05, 0.1) is 14.2 Å². The number of ether oxygens (including phenoxy) is 2. The van der Waals surface area contributed by atoms with E-state index in [1.54, 1.807) is 18.9 Å². The number of rotatable bonds is 5. The maximum Gasteiger partial charge on any atom is 0.226 e. The summed E-state index contributed by atoms with van der Waals surface area (Å²) in [4.78, 5) is 17.8. The minimum Gasteiger partial charge on any atom is -0.497 e. The zero-order chi connectivity index (χ0) is 22.1. The molecule has 2 heterocycles. The van der Waals surface area contributed by atoms with Gasteiger partial charge in [0.15, 0.2) is 5.78 Å². The number of aromatic nitrogens is 3. The predicted molar refractivity (Wildman–Crippen MR) is 122 cm³/mol. The largest absolute Gasteiger partial charge is 0.497 e.